The van der Waals surface area contributed by atoms with Gasteiger partial charge in [-0.25, -0.2) is 5.43 Å². The SMILES string of the molecule is N#CCC(=O)NCc1ccc(-c2ccc(NCC3CC3)c(N[NH3+])c2Cl)cc1. The van der Waals surface area contributed by atoms with Crippen LogP contribution in [0.4, 0.5) is 11.4 Å². The Balaban J connectivity index is 1.73. The Morgan fingerprint density at radius 2 is 1.96 bits per heavy atom. The molecule has 0 bridgehead atoms. The number of anilines is 2. The summed E-state index contributed by atoms with van der Waals surface area (Å²) in [6, 6.07) is 13.7. The van der Waals surface area contributed by atoms with Crippen molar-refractivity contribution in [3.8, 4) is 17.2 Å². The molecule has 27 heavy (non-hydrogen) atoms. The van der Waals surface area contributed by atoms with E-state index in [9.17, 15) is 4.79 Å². The molecule has 0 aromatic heterocycles. The van der Waals surface area contributed by atoms with Crippen LogP contribution in [-0.2, 0) is 11.3 Å². The van der Waals surface area contributed by atoms with Crippen molar-refractivity contribution in [1.29, 1.82) is 5.26 Å². The number of carbonyl (C=O) groups excluding carboxylic acids is 1. The summed E-state index contributed by atoms with van der Waals surface area (Å²) >= 11 is 6.63. The van der Waals surface area contributed by atoms with Crippen LogP contribution in [0.2, 0.25) is 5.02 Å². The van der Waals surface area contributed by atoms with Crippen LogP contribution in [0.25, 0.3) is 11.1 Å². The Hall–Kier alpha value is -2.75. The Labute approximate surface area is 163 Å². The second kappa shape index (κ2) is 8.76. The van der Waals surface area contributed by atoms with E-state index < -0.39 is 0 Å². The van der Waals surface area contributed by atoms with Crippen LogP contribution in [0.15, 0.2) is 36.4 Å². The van der Waals surface area contributed by atoms with Gasteiger partial charge in [-0.05, 0) is 36.0 Å². The highest BCUT2D eigenvalue weighted by molar-refractivity contribution is 6.36. The summed E-state index contributed by atoms with van der Waals surface area (Å²) in [6.45, 7) is 1.35. The van der Waals surface area contributed by atoms with Gasteiger partial charge in [0, 0.05) is 18.7 Å². The van der Waals surface area contributed by atoms with Crippen LogP contribution >= 0.6 is 11.6 Å². The number of carbonyl (C=O) groups is 1. The first-order valence-corrected chi connectivity index (χ1v) is 9.32. The first-order chi connectivity index (χ1) is 13.1. The van der Waals surface area contributed by atoms with E-state index in [0.717, 1.165) is 40.5 Å². The first kappa shape index (κ1) is 19.0. The summed E-state index contributed by atoms with van der Waals surface area (Å²) in [7, 11) is 0. The molecule has 0 radical (unpaired) electrons. The molecule has 1 amide bonds. The third-order valence-electron chi connectivity index (χ3n) is 4.59. The number of quaternary nitrogens is 1. The molecule has 2 aromatic rings. The molecule has 0 aliphatic heterocycles. The predicted octanol–water partition coefficient (Wildman–Crippen LogP) is 2.93. The van der Waals surface area contributed by atoms with Crippen LogP contribution in [-0.4, -0.2) is 12.5 Å². The Morgan fingerprint density at radius 3 is 2.59 bits per heavy atom. The van der Waals surface area contributed by atoms with Crippen molar-refractivity contribution in [2.45, 2.75) is 25.8 Å². The fraction of sp³-hybridized carbons (Fsp3) is 0.300. The minimum atomic E-state index is -0.273. The van der Waals surface area contributed by atoms with Gasteiger partial charge < -0.3 is 10.6 Å². The maximum absolute atomic E-state index is 11.4. The molecule has 140 valence electrons. The van der Waals surface area contributed by atoms with Gasteiger partial charge in [-0.2, -0.15) is 5.26 Å². The number of halogens is 1. The largest absolute Gasteiger partial charge is 0.383 e. The number of nitriles is 1. The van der Waals surface area contributed by atoms with Gasteiger partial charge in [-0.3, -0.25) is 10.6 Å². The molecule has 0 unspecified atom stereocenters. The minimum Gasteiger partial charge on any atom is -0.383 e. The third-order valence-corrected chi connectivity index (χ3v) is 4.98. The Bertz CT molecular complexity index is 856. The van der Waals surface area contributed by atoms with E-state index in [4.69, 9.17) is 16.9 Å². The fourth-order valence-electron chi connectivity index (χ4n) is 2.83. The molecular formula is C20H23ClN5O+. The highest BCUT2D eigenvalue weighted by atomic mass is 35.5. The number of nitrogens with zero attached hydrogens (tertiary/aromatic N) is 1. The van der Waals surface area contributed by atoms with Crippen LogP contribution < -0.4 is 21.9 Å². The minimum absolute atomic E-state index is 0.129. The second-order valence-corrected chi connectivity index (χ2v) is 7.04. The number of hydrogen-bond donors (Lipinski definition) is 4. The number of hydrogen-bond acceptors (Lipinski definition) is 4. The van der Waals surface area contributed by atoms with E-state index in [1.54, 1.807) is 0 Å². The van der Waals surface area contributed by atoms with Crippen LogP contribution in [0.1, 0.15) is 24.8 Å². The molecule has 1 saturated carbocycles. The van der Waals surface area contributed by atoms with Crippen molar-refractivity contribution in [2.24, 2.45) is 5.92 Å². The molecule has 1 aliphatic rings. The van der Waals surface area contributed by atoms with Gasteiger partial charge in [-0.1, -0.05) is 41.9 Å². The van der Waals surface area contributed by atoms with Gasteiger partial charge in [0.15, 0.2) is 0 Å². The van der Waals surface area contributed by atoms with Crippen LogP contribution in [0.5, 0.6) is 0 Å². The summed E-state index contributed by atoms with van der Waals surface area (Å²) in [5.41, 5.74) is 7.57. The van der Waals surface area contributed by atoms with E-state index in [1.807, 2.05) is 42.5 Å². The summed E-state index contributed by atoms with van der Waals surface area (Å²) in [6.07, 6.45) is 2.44. The van der Waals surface area contributed by atoms with Crippen molar-refractivity contribution in [2.75, 3.05) is 17.3 Å². The number of benzene rings is 2. The molecule has 3 rings (SSSR count). The van der Waals surface area contributed by atoms with Gasteiger partial charge in [-0.15, -0.1) is 0 Å². The zero-order valence-electron chi connectivity index (χ0n) is 15.0. The number of amides is 1. The van der Waals surface area contributed by atoms with E-state index in [0.29, 0.717) is 11.6 Å². The molecule has 0 spiro atoms. The maximum atomic E-state index is 11.4. The third kappa shape index (κ3) is 4.91. The lowest BCUT2D eigenvalue weighted by atomic mass is 10.0. The second-order valence-electron chi connectivity index (χ2n) is 6.66. The smallest absolute Gasteiger partial charge is 0.234 e. The van der Waals surface area contributed by atoms with Crippen molar-refractivity contribution in [3.63, 3.8) is 0 Å². The summed E-state index contributed by atoms with van der Waals surface area (Å²) in [5, 5.41) is 15.3. The lowest BCUT2D eigenvalue weighted by Crippen LogP contribution is -2.56. The molecule has 1 fully saturated rings. The quantitative estimate of drug-likeness (QED) is 0.525. The summed E-state index contributed by atoms with van der Waals surface area (Å²) in [5.74, 6) is 4.28. The normalized spacial score (nSPS) is 12.9. The molecule has 1 aliphatic carbocycles. The van der Waals surface area contributed by atoms with Crippen molar-refractivity contribution < 1.29 is 10.6 Å². The number of nitrogens with one attached hydrogen (secondary N) is 3. The molecular weight excluding hydrogens is 362 g/mol. The first-order valence-electron chi connectivity index (χ1n) is 8.94. The molecule has 7 heteroatoms. The van der Waals surface area contributed by atoms with Crippen LogP contribution in [0, 0.1) is 17.2 Å². The molecule has 0 heterocycles. The Morgan fingerprint density at radius 1 is 1.22 bits per heavy atom. The fourth-order valence-corrected chi connectivity index (χ4v) is 3.17. The lowest BCUT2D eigenvalue weighted by Gasteiger charge is -2.15. The molecule has 6 nitrogen and oxygen atoms in total. The monoisotopic (exact) mass is 384 g/mol. The molecule has 0 atom stereocenters. The van der Waals surface area contributed by atoms with E-state index >= 15 is 0 Å². The average molecular weight is 385 g/mol. The highest BCUT2D eigenvalue weighted by Crippen LogP contribution is 2.39. The molecule has 0 saturated heterocycles. The standard InChI is InChI=1S/C20H22ClN5O/c21-19-16(7-8-17(20(19)26-23)24-11-13-1-2-13)15-5-3-14(4-6-15)12-25-18(27)9-10-22/h3-8,13,24,26H,1-2,9,11-12,23H2,(H,25,27)/p+1. The maximum Gasteiger partial charge on any atom is 0.234 e. The van der Waals surface area contributed by atoms with Crippen molar-refractivity contribution >= 4 is 28.9 Å². The predicted molar refractivity (Wildman–Crippen MR) is 107 cm³/mol. The summed E-state index contributed by atoms with van der Waals surface area (Å²) in [4.78, 5) is 11.4. The molecule has 6 N–H and O–H groups in total. The van der Waals surface area contributed by atoms with E-state index in [1.165, 1.54) is 12.8 Å². The zero-order valence-corrected chi connectivity index (χ0v) is 15.8. The van der Waals surface area contributed by atoms with Gasteiger partial charge in [0.05, 0.1) is 16.8 Å². The van der Waals surface area contributed by atoms with Gasteiger partial charge in [0.25, 0.3) is 0 Å². The van der Waals surface area contributed by atoms with Crippen molar-refractivity contribution in [3.05, 3.63) is 47.0 Å². The van der Waals surface area contributed by atoms with Gasteiger partial charge in [0.1, 0.15) is 12.1 Å². The highest BCUT2D eigenvalue weighted by Gasteiger charge is 2.22. The topological polar surface area (TPSA) is 105 Å². The van der Waals surface area contributed by atoms with E-state index in [2.05, 4.69) is 21.9 Å². The van der Waals surface area contributed by atoms with Gasteiger partial charge >= 0.3 is 0 Å². The summed E-state index contributed by atoms with van der Waals surface area (Å²) < 4.78 is 0. The zero-order chi connectivity index (χ0) is 19.2. The average Bonchev–Trinajstić information content (AvgIpc) is 3.50. The van der Waals surface area contributed by atoms with Gasteiger partial charge in [0.2, 0.25) is 5.91 Å². The lowest BCUT2D eigenvalue weighted by molar-refractivity contribution is -0.325. The number of rotatable bonds is 8. The van der Waals surface area contributed by atoms with E-state index in [-0.39, 0.29) is 12.3 Å². The molecule has 2 aromatic carbocycles. The van der Waals surface area contributed by atoms with Crippen LogP contribution in [0.3, 0.4) is 0 Å². The Kier molecular flexibility index (Phi) is 6.17. The van der Waals surface area contributed by atoms with Crippen molar-refractivity contribution in [1.82, 2.24) is 5.32 Å².